The molecule has 3 aliphatic rings. The van der Waals surface area contributed by atoms with E-state index in [1.54, 1.807) is 0 Å². The van der Waals surface area contributed by atoms with Crippen LogP contribution in [0.4, 0.5) is 0 Å². The van der Waals surface area contributed by atoms with Gasteiger partial charge in [0.2, 0.25) is 0 Å². The number of fused-ring (bicyclic) bond motifs is 2. The smallest absolute Gasteiger partial charge is 0.191 e. The number of ether oxygens (including phenoxy) is 2. The first kappa shape index (κ1) is 19.9. The van der Waals surface area contributed by atoms with E-state index in [1.807, 2.05) is 25.2 Å². The first-order valence-electron chi connectivity index (χ1n) is 9.54. The van der Waals surface area contributed by atoms with Crippen LogP contribution >= 0.6 is 24.0 Å². The number of hydrogen-bond acceptors (Lipinski definition) is 3. The van der Waals surface area contributed by atoms with Crippen LogP contribution in [0.15, 0.2) is 35.3 Å². The maximum Gasteiger partial charge on any atom is 0.191 e. The number of hydrogen-bond donors (Lipinski definition) is 2. The van der Waals surface area contributed by atoms with Crippen LogP contribution in [-0.4, -0.2) is 44.9 Å². The summed E-state index contributed by atoms with van der Waals surface area (Å²) in [5.74, 6) is 1.55. The molecule has 3 atom stereocenters. The lowest BCUT2D eigenvalue weighted by Gasteiger charge is -2.63. The quantitative estimate of drug-likeness (QED) is 0.290. The second-order valence-corrected chi connectivity index (χ2v) is 7.49. The summed E-state index contributed by atoms with van der Waals surface area (Å²) >= 11 is 0. The lowest BCUT2D eigenvalue weighted by molar-refractivity contribution is -0.171. The van der Waals surface area contributed by atoms with E-state index in [4.69, 9.17) is 9.47 Å². The Hall–Kier alpha value is -0.860. The standard InChI is InChI=1S/C20H29N3O2.HI/c1-21-19(22-11-13-24-14-15-6-3-2-4-7-15)23-17-16-8-12-25-18(16)20(17)9-5-10-20;/h2-4,6-7,16-18H,5,8-14H2,1H3,(H2,21,22,23);1H. The normalized spacial score (nSPS) is 28.5. The molecule has 6 heteroatoms. The zero-order valence-electron chi connectivity index (χ0n) is 15.4. The van der Waals surface area contributed by atoms with E-state index < -0.39 is 0 Å². The number of nitrogens with zero attached hydrogens (tertiary/aromatic N) is 1. The van der Waals surface area contributed by atoms with Gasteiger partial charge < -0.3 is 20.1 Å². The molecule has 26 heavy (non-hydrogen) atoms. The fraction of sp³-hybridized carbons (Fsp3) is 0.650. The third kappa shape index (κ3) is 3.73. The van der Waals surface area contributed by atoms with E-state index in [1.165, 1.54) is 31.2 Å². The summed E-state index contributed by atoms with van der Waals surface area (Å²) in [4.78, 5) is 4.40. The number of benzene rings is 1. The van der Waals surface area contributed by atoms with Gasteiger partial charge in [-0.05, 0) is 24.8 Å². The van der Waals surface area contributed by atoms with Crippen LogP contribution in [0.1, 0.15) is 31.2 Å². The van der Waals surface area contributed by atoms with E-state index in [0.717, 1.165) is 19.1 Å². The monoisotopic (exact) mass is 471 g/mol. The van der Waals surface area contributed by atoms with E-state index >= 15 is 0 Å². The van der Waals surface area contributed by atoms with Gasteiger partial charge in [-0.3, -0.25) is 4.99 Å². The first-order valence-corrected chi connectivity index (χ1v) is 9.54. The second-order valence-electron chi connectivity index (χ2n) is 7.49. The molecular weight excluding hydrogens is 441 g/mol. The average Bonchev–Trinajstić information content (AvgIpc) is 3.02. The van der Waals surface area contributed by atoms with Gasteiger partial charge in [-0.1, -0.05) is 36.8 Å². The summed E-state index contributed by atoms with van der Waals surface area (Å²) in [7, 11) is 1.84. The Morgan fingerprint density at radius 3 is 2.81 bits per heavy atom. The third-order valence-electron chi connectivity index (χ3n) is 6.20. The molecule has 0 amide bonds. The Morgan fingerprint density at radius 2 is 2.12 bits per heavy atom. The molecule has 1 saturated heterocycles. The predicted octanol–water partition coefficient (Wildman–Crippen LogP) is 2.94. The first-order chi connectivity index (χ1) is 12.3. The van der Waals surface area contributed by atoms with E-state index in [9.17, 15) is 0 Å². The van der Waals surface area contributed by atoms with Crippen LogP contribution in [0.2, 0.25) is 0 Å². The second kappa shape index (κ2) is 8.89. The van der Waals surface area contributed by atoms with Crippen LogP contribution in [-0.2, 0) is 16.1 Å². The van der Waals surface area contributed by atoms with Gasteiger partial charge in [0.15, 0.2) is 5.96 Å². The number of guanidine groups is 1. The summed E-state index contributed by atoms with van der Waals surface area (Å²) in [5, 5.41) is 7.07. The summed E-state index contributed by atoms with van der Waals surface area (Å²) in [6.07, 6.45) is 5.60. The summed E-state index contributed by atoms with van der Waals surface area (Å²) in [5.41, 5.74) is 1.58. The highest BCUT2D eigenvalue weighted by atomic mass is 127. The number of rotatable bonds is 6. The van der Waals surface area contributed by atoms with Gasteiger partial charge in [-0.25, -0.2) is 0 Å². The lowest BCUT2D eigenvalue weighted by atomic mass is 9.46. The minimum absolute atomic E-state index is 0. The van der Waals surface area contributed by atoms with Crippen LogP contribution in [0, 0.1) is 11.3 Å². The van der Waals surface area contributed by atoms with E-state index in [0.29, 0.717) is 36.7 Å². The Morgan fingerprint density at radius 1 is 1.31 bits per heavy atom. The molecule has 0 radical (unpaired) electrons. The van der Waals surface area contributed by atoms with Gasteiger partial charge >= 0.3 is 0 Å². The molecule has 0 bridgehead atoms. The van der Waals surface area contributed by atoms with E-state index in [-0.39, 0.29) is 24.0 Å². The van der Waals surface area contributed by atoms with Crippen molar-refractivity contribution < 1.29 is 9.47 Å². The number of aliphatic imine (C=N–C) groups is 1. The average molecular weight is 471 g/mol. The SMILES string of the molecule is CN=C(NCCOCc1ccccc1)NC1C2CCOC2C12CCC2.I. The van der Waals surface area contributed by atoms with Crippen molar-refractivity contribution in [2.45, 2.75) is 44.4 Å². The highest BCUT2D eigenvalue weighted by molar-refractivity contribution is 14.0. The minimum Gasteiger partial charge on any atom is -0.377 e. The molecule has 1 aromatic rings. The van der Waals surface area contributed by atoms with Crippen LogP contribution in [0.3, 0.4) is 0 Å². The Balaban J connectivity index is 0.00000196. The molecule has 1 heterocycles. The van der Waals surface area contributed by atoms with Crippen molar-refractivity contribution in [1.29, 1.82) is 0 Å². The van der Waals surface area contributed by atoms with Gasteiger partial charge in [0, 0.05) is 37.6 Å². The Bertz CT molecular complexity index is 606. The molecule has 1 spiro atoms. The van der Waals surface area contributed by atoms with Gasteiger partial charge in [0.05, 0.1) is 19.3 Å². The molecule has 3 fully saturated rings. The van der Waals surface area contributed by atoms with Crippen molar-refractivity contribution in [3.05, 3.63) is 35.9 Å². The predicted molar refractivity (Wildman–Crippen MR) is 114 cm³/mol. The largest absolute Gasteiger partial charge is 0.377 e. The maximum atomic E-state index is 5.99. The van der Waals surface area contributed by atoms with Crippen LogP contribution < -0.4 is 10.6 Å². The molecule has 2 saturated carbocycles. The van der Waals surface area contributed by atoms with Gasteiger partial charge in [0.1, 0.15) is 0 Å². The summed E-state index contributed by atoms with van der Waals surface area (Å²) in [6.45, 7) is 3.01. The molecule has 0 aromatic heterocycles. The van der Waals surface area contributed by atoms with Crippen molar-refractivity contribution in [3.8, 4) is 0 Å². The van der Waals surface area contributed by atoms with Crippen molar-refractivity contribution in [3.63, 3.8) is 0 Å². The molecule has 3 unspecified atom stereocenters. The summed E-state index contributed by atoms with van der Waals surface area (Å²) < 4.78 is 11.7. The van der Waals surface area contributed by atoms with Gasteiger partial charge in [0.25, 0.3) is 0 Å². The Kier molecular flexibility index (Phi) is 6.80. The molecular formula is C20H30IN3O2. The molecule has 144 valence electrons. The third-order valence-corrected chi connectivity index (χ3v) is 6.20. The minimum atomic E-state index is 0. The maximum absolute atomic E-state index is 5.99. The molecule has 1 aliphatic heterocycles. The lowest BCUT2D eigenvalue weighted by Crippen LogP contribution is -2.72. The fourth-order valence-electron chi connectivity index (χ4n) is 4.80. The molecule has 5 nitrogen and oxygen atoms in total. The zero-order valence-corrected chi connectivity index (χ0v) is 17.8. The van der Waals surface area contributed by atoms with Gasteiger partial charge in [-0.15, -0.1) is 24.0 Å². The van der Waals surface area contributed by atoms with Crippen LogP contribution in [0.25, 0.3) is 0 Å². The molecule has 2 N–H and O–H groups in total. The number of halogens is 1. The molecule has 4 rings (SSSR count). The highest BCUT2D eigenvalue weighted by Crippen LogP contribution is 2.62. The van der Waals surface area contributed by atoms with Crippen molar-refractivity contribution in [1.82, 2.24) is 10.6 Å². The van der Waals surface area contributed by atoms with Crippen molar-refractivity contribution in [2.24, 2.45) is 16.3 Å². The van der Waals surface area contributed by atoms with Gasteiger partial charge in [-0.2, -0.15) is 0 Å². The molecule has 1 aromatic carbocycles. The van der Waals surface area contributed by atoms with Crippen LogP contribution in [0.5, 0.6) is 0 Å². The van der Waals surface area contributed by atoms with Crippen molar-refractivity contribution >= 4 is 29.9 Å². The molecule has 2 aliphatic carbocycles. The number of nitrogens with one attached hydrogen (secondary N) is 2. The van der Waals surface area contributed by atoms with E-state index in [2.05, 4.69) is 27.8 Å². The highest BCUT2D eigenvalue weighted by Gasteiger charge is 2.66. The zero-order chi connectivity index (χ0) is 17.1. The fourth-order valence-corrected chi connectivity index (χ4v) is 4.80. The summed E-state index contributed by atoms with van der Waals surface area (Å²) in [6, 6.07) is 10.8. The topological polar surface area (TPSA) is 54.9 Å². The Labute approximate surface area is 173 Å². The van der Waals surface area contributed by atoms with Crippen molar-refractivity contribution in [2.75, 3.05) is 26.8 Å².